The quantitative estimate of drug-likeness (QED) is 0.416. The number of carbonyl (C=O) groups excluding carboxylic acids is 4. The van der Waals surface area contributed by atoms with Gasteiger partial charge in [-0.05, 0) is 60.7 Å². The van der Waals surface area contributed by atoms with Crippen LogP contribution in [-0.4, -0.2) is 37.4 Å². The van der Waals surface area contributed by atoms with Gasteiger partial charge >= 0.3 is 5.97 Å². The summed E-state index contributed by atoms with van der Waals surface area (Å²) in [5.74, 6) is -1.40. The number of allylic oxidation sites excluding steroid dienone is 2. The van der Waals surface area contributed by atoms with Crippen LogP contribution in [0.5, 0.6) is 5.75 Å². The number of benzene rings is 2. The maximum Gasteiger partial charge on any atom is 0.338 e. The van der Waals surface area contributed by atoms with Gasteiger partial charge < -0.3 is 14.8 Å². The Hall–Kier alpha value is -3.94. The van der Waals surface area contributed by atoms with Crippen LogP contribution in [0.2, 0.25) is 0 Å². The van der Waals surface area contributed by atoms with Crippen LogP contribution in [-0.2, 0) is 19.1 Å². The van der Waals surface area contributed by atoms with E-state index in [9.17, 15) is 19.2 Å². The average molecular weight is 446 g/mol. The molecule has 8 nitrogen and oxygen atoms in total. The van der Waals surface area contributed by atoms with Crippen LogP contribution in [0.3, 0.4) is 0 Å². The van der Waals surface area contributed by atoms with Gasteiger partial charge in [0, 0.05) is 5.69 Å². The molecule has 1 N–H and O–H groups in total. The number of ether oxygens (including phenoxy) is 2. The minimum absolute atomic E-state index is 0.110. The van der Waals surface area contributed by atoms with Gasteiger partial charge in [0.2, 0.25) is 11.8 Å². The molecular weight excluding hydrogens is 424 g/mol. The third-order valence-electron chi connectivity index (χ3n) is 6.52. The maximum absolute atomic E-state index is 13.0. The monoisotopic (exact) mass is 446 g/mol. The number of hydrogen-bond acceptors (Lipinski definition) is 6. The first-order valence-electron chi connectivity index (χ1n) is 10.7. The molecule has 2 aromatic rings. The first-order valence-corrected chi connectivity index (χ1v) is 10.7. The molecule has 0 aromatic heterocycles. The number of anilines is 2. The van der Waals surface area contributed by atoms with E-state index >= 15 is 0 Å². The van der Waals surface area contributed by atoms with Crippen LogP contribution in [0.1, 0.15) is 16.8 Å². The van der Waals surface area contributed by atoms with Gasteiger partial charge in [0.15, 0.2) is 6.61 Å². The molecule has 8 heteroatoms. The Kier molecular flexibility index (Phi) is 5.20. The third kappa shape index (κ3) is 3.67. The normalized spacial score (nSPS) is 24.7. The van der Waals surface area contributed by atoms with Gasteiger partial charge in [0.1, 0.15) is 5.75 Å². The zero-order valence-corrected chi connectivity index (χ0v) is 17.9. The van der Waals surface area contributed by atoms with E-state index in [1.807, 2.05) is 12.2 Å². The zero-order valence-electron chi connectivity index (χ0n) is 17.9. The fourth-order valence-electron chi connectivity index (χ4n) is 5.01. The SMILES string of the molecule is COc1ccc(NC(=O)COC(=O)c2cccc(N3C(=O)[C@H]4[C@H](C3=O)[C@H]3C=C[C@H]4C3)c2)cc1. The molecule has 3 amide bonds. The van der Waals surface area contributed by atoms with Gasteiger partial charge in [0.25, 0.3) is 5.91 Å². The van der Waals surface area contributed by atoms with Gasteiger partial charge in [0.05, 0.1) is 30.2 Å². The molecule has 0 radical (unpaired) electrons. The summed E-state index contributed by atoms with van der Waals surface area (Å²) in [5.41, 5.74) is 1.04. The number of fused-ring (bicyclic) bond motifs is 5. The molecular formula is C25H22N2O6. The number of nitrogens with zero attached hydrogens (tertiary/aromatic N) is 1. The second kappa shape index (κ2) is 8.20. The number of rotatable bonds is 6. The molecule has 2 bridgehead atoms. The minimum atomic E-state index is -0.720. The van der Waals surface area contributed by atoms with E-state index in [0.29, 0.717) is 17.1 Å². The molecule has 2 fully saturated rings. The molecule has 33 heavy (non-hydrogen) atoms. The summed E-state index contributed by atoms with van der Waals surface area (Å²) in [6, 6.07) is 12.9. The highest BCUT2D eigenvalue weighted by Crippen LogP contribution is 2.53. The third-order valence-corrected chi connectivity index (χ3v) is 6.52. The molecule has 2 aliphatic carbocycles. The van der Waals surface area contributed by atoms with Crippen LogP contribution in [0.25, 0.3) is 0 Å². The number of hydrogen-bond donors (Lipinski definition) is 1. The van der Waals surface area contributed by atoms with Gasteiger partial charge in [-0.2, -0.15) is 0 Å². The fraction of sp³-hybridized carbons (Fsp3) is 0.280. The lowest BCUT2D eigenvalue weighted by Gasteiger charge is -2.18. The number of esters is 1. The molecule has 3 aliphatic rings. The first-order chi connectivity index (χ1) is 16.0. The fourth-order valence-corrected chi connectivity index (χ4v) is 5.01. The van der Waals surface area contributed by atoms with Gasteiger partial charge in [-0.3, -0.25) is 14.4 Å². The average Bonchev–Trinajstić information content (AvgIpc) is 3.51. The number of nitrogens with one attached hydrogen (secondary N) is 1. The van der Waals surface area contributed by atoms with Crippen LogP contribution in [0.15, 0.2) is 60.7 Å². The lowest BCUT2D eigenvalue weighted by Crippen LogP contribution is -2.33. The Morgan fingerprint density at radius 3 is 2.30 bits per heavy atom. The molecule has 1 saturated carbocycles. The molecule has 0 spiro atoms. The highest BCUT2D eigenvalue weighted by atomic mass is 16.5. The van der Waals surface area contributed by atoms with Crippen molar-refractivity contribution in [2.45, 2.75) is 6.42 Å². The van der Waals surface area contributed by atoms with E-state index in [-0.39, 0.29) is 41.0 Å². The number of carbonyl (C=O) groups is 4. The molecule has 1 heterocycles. The summed E-state index contributed by atoms with van der Waals surface area (Å²) in [7, 11) is 1.55. The van der Waals surface area contributed by atoms with E-state index in [1.165, 1.54) is 17.0 Å². The smallest absolute Gasteiger partial charge is 0.338 e. The van der Waals surface area contributed by atoms with Crippen LogP contribution in [0, 0.1) is 23.7 Å². The van der Waals surface area contributed by atoms with Crippen molar-refractivity contribution in [2.24, 2.45) is 23.7 Å². The lowest BCUT2D eigenvalue weighted by molar-refractivity contribution is -0.123. The van der Waals surface area contributed by atoms with Crippen molar-refractivity contribution in [3.63, 3.8) is 0 Å². The second-order valence-corrected chi connectivity index (χ2v) is 8.41. The summed E-state index contributed by atoms with van der Waals surface area (Å²) in [6.45, 7) is -0.476. The van der Waals surface area contributed by atoms with E-state index in [1.54, 1.807) is 43.5 Å². The highest BCUT2D eigenvalue weighted by molar-refractivity contribution is 6.23. The molecule has 168 valence electrons. The molecule has 1 saturated heterocycles. The lowest BCUT2D eigenvalue weighted by atomic mass is 9.85. The highest BCUT2D eigenvalue weighted by Gasteiger charge is 2.59. The summed E-state index contributed by atoms with van der Waals surface area (Å²) >= 11 is 0. The summed E-state index contributed by atoms with van der Waals surface area (Å²) in [5, 5.41) is 2.63. The number of amides is 3. The Labute approximate surface area is 190 Å². The number of imide groups is 1. The Bertz CT molecular complexity index is 1140. The summed E-state index contributed by atoms with van der Waals surface area (Å²) in [6.07, 6.45) is 4.92. The van der Waals surface area contributed by atoms with Crippen molar-refractivity contribution in [1.29, 1.82) is 0 Å². The largest absolute Gasteiger partial charge is 0.497 e. The Morgan fingerprint density at radius 2 is 1.67 bits per heavy atom. The van der Waals surface area contributed by atoms with Gasteiger partial charge in [-0.15, -0.1) is 0 Å². The summed E-state index contributed by atoms with van der Waals surface area (Å²) < 4.78 is 10.2. The molecule has 4 atom stereocenters. The molecule has 0 unspecified atom stereocenters. The van der Waals surface area contributed by atoms with E-state index in [0.717, 1.165) is 6.42 Å². The second-order valence-electron chi connectivity index (χ2n) is 8.41. The van der Waals surface area contributed by atoms with E-state index < -0.39 is 18.5 Å². The number of methoxy groups -OCH3 is 1. The van der Waals surface area contributed by atoms with Crippen LogP contribution in [0.4, 0.5) is 11.4 Å². The summed E-state index contributed by atoms with van der Waals surface area (Å²) in [4.78, 5) is 51.8. The first kappa shape index (κ1) is 20.9. The van der Waals surface area contributed by atoms with Crippen LogP contribution < -0.4 is 15.0 Å². The van der Waals surface area contributed by atoms with Crippen molar-refractivity contribution in [1.82, 2.24) is 0 Å². The Balaban J connectivity index is 1.23. The van der Waals surface area contributed by atoms with Crippen molar-refractivity contribution in [3.8, 4) is 5.75 Å². The van der Waals surface area contributed by atoms with Gasteiger partial charge in [-0.25, -0.2) is 9.69 Å². The zero-order chi connectivity index (χ0) is 23.1. The van der Waals surface area contributed by atoms with Crippen molar-refractivity contribution in [3.05, 3.63) is 66.2 Å². The van der Waals surface area contributed by atoms with Crippen LogP contribution >= 0.6 is 0 Å². The van der Waals surface area contributed by atoms with Crippen molar-refractivity contribution >= 4 is 35.1 Å². The standard InChI is InChI=1S/C25H22N2O6/c1-32-19-9-7-17(8-10-19)26-20(28)13-33-25(31)16-3-2-4-18(12-16)27-23(29)21-14-5-6-15(11-14)22(21)24(27)30/h2-10,12,14-15,21-22H,11,13H2,1H3,(H,26,28)/t14-,15-,21+,22+/m0/s1. The maximum atomic E-state index is 13.0. The van der Waals surface area contributed by atoms with Gasteiger partial charge in [-0.1, -0.05) is 18.2 Å². The predicted octanol–water partition coefficient (Wildman–Crippen LogP) is 2.80. The van der Waals surface area contributed by atoms with E-state index in [2.05, 4.69) is 5.32 Å². The van der Waals surface area contributed by atoms with Crippen molar-refractivity contribution < 1.29 is 28.7 Å². The topological polar surface area (TPSA) is 102 Å². The minimum Gasteiger partial charge on any atom is -0.497 e. The molecule has 1 aliphatic heterocycles. The van der Waals surface area contributed by atoms with E-state index in [4.69, 9.17) is 9.47 Å². The molecule has 2 aromatic carbocycles. The predicted molar refractivity (Wildman–Crippen MR) is 119 cm³/mol. The Morgan fingerprint density at radius 1 is 1.00 bits per heavy atom. The molecule has 5 rings (SSSR count). The van der Waals surface area contributed by atoms with Crippen molar-refractivity contribution in [2.75, 3.05) is 23.9 Å².